The average molecular weight is 599 g/mol. The summed E-state index contributed by atoms with van der Waals surface area (Å²) in [5.41, 5.74) is 5.02. The second-order valence-corrected chi connectivity index (χ2v) is 16.6. The van der Waals surface area contributed by atoms with Gasteiger partial charge in [-0.2, -0.15) is 4.39 Å². The van der Waals surface area contributed by atoms with Crippen LogP contribution in [0, 0.1) is 51.3 Å². The van der Waals surface area contributed by atoms with Crippen molar-refractivity contribution < 1.29 is 14.3 Å². The van der Waals surface area contributed by atoms with Crippen LogP contribution < -0.4 is 5.32 Å². The predicted octanol–water partition coefficient (Wildman–Crippen LogP) is 9.31. The lowest BCUT2D eigenvalue weighted by atomic mass is 9.33. The van der Waals surface area contributed by atoms with Gasteiger partial charge >= 0.3 is 5.97 Å². The van der Waals surface area contributed by atoms with Crippen molar-refractivity contribution in [3.05, 3.63) is 71.3 Å². The first-order valence-corrected chi connectivity index (χ1v) is 17.2. The number of rotatable bonds is 5. The Morgan fingerprint density at radius 3 is 2.41 bits per heavy atom. The van der Waals surface area contributed by atoms with E-state index in [9.17, 15) is 14.3 Å². The normalized spacial score (nSPS) is 40.6. The minimum Gasteiger partial charge on any atom is -0.478 e. The van der Waals surface area contributed by atoms with Crippen LogP contribution in [0.25, 0.3) is 5.57 Å². The molecule has 2 N–H and O–H groups in total. The molecule has 44 heavy (non-hydrogen) atoms. The van der Waals surface area contributed by atoms with Crippen molar-refractivity contribution in [3.8, 4) is 0 Å². The van der Waals surface area contributed by atoms with Crippen molar-refractivity contribution in [1.29, 1.82) is 0 Å². The molecule has 5 aliphatic rings. The summed E-state index contributed by atoms with van der Waals surface area (Å²) in [5, 5.41) is 13.5. The van der Waals surface area contributed by atoms with Crippen molar-refractivity contribution in [1.82, 2.24) is 10.3 Å². The number of nitrogens with one attached hydrogen (secondary N) is 1. The Bertz CT molecular complexity index is 1480. The van der Waals surface area contributed by atoms with Crippen molar-refractivity contribution >= 4 is 11.5 Å². The largest absolute Gasteiger partial charge is 0.478 e. The van der Waals surface area contributed by atoms with Crippen LogP contribution in [0.3, 0.4) is 0 Å². The molecule has 1 heterocycles. The third-order valence-corrected chi connectivity index (χ3v) is 14.8. The number of nitrogens with zero attached hydrogens (tertiary/aromatic N) is 1. The molecule has 5 heteroatoms. The Balaban J connectivity index is 1.16. The lowest BCUT2D eigenvalue weighted by Gasteiger charge is -2.72. The highest BCUT2D eigenvalue weighted by molar-refractivity contribution is 5.88. The van der Waals surface area contributed by atoms with Gasteiger partial charge in [0.25, 0.3) is 0 Å². The maximum absolute atomic E-state index is 13.9. The highest BCUT2D eigenvalue weighted by Crippen LogP contribution is 2.76. The lowest BCUT2D eigenvalue weighted by molar-refractivity contribution is -0.217. The summed E-state index contributed by atoms with van der Waals surface area (Å²) in [6.45, 7) is 13.6. The Morgan fingerprint density at radius 2 is 1.68 bits per heavy atom. The first-order chi connectivity index (χ1) is 20.8. The van der Waals surface area contributed by atoms with Crippen LogP contribution in [0.4, 0.5) is 4.39 Å². The van der Waals surface area contributed by atoms with Crippen LogP contribution >= 0.6 is 0 Å². The van der Waals surface area contributed by atoms with E-state index < -0.39 is 5.97 Å². The molecule has 0 spiro atoms. The highest BCUT2D eigenvalue weighted by Gasteiger charge is 2.69. The van der Waals surface area contributed by atoms with Gasteiger partial charge in [0, 0.05) is 18.3 Å². The first-order valence-electron chi connectivity index (χ1n) is 17.2. The summed E-state index contributed by atoms with van der Waals surface area (Å²) in [6, 6.07) is 11.1. The molecule has 8 atom stereocenters. The van der Waals surface area contributed by atoms with Crippen LogP contribution in [-0.2, 0) is 6.54 Å². The smallest absolute Gasteiger partial charge is 0.335 e. The Morgan fingerprint density at radius 1 is 0.909 bits per heavy atom. The van der Waals surface area contributed by atoms with Gasteiger partial charge in [0.1, 0.15) is 0 Å². The molecule has 0 bridgehead atoms. The molecule has 7 rings (SSSR count). The highest BCUT2D eigenvalue weighted by atomic mass is 19.1. The Labute approximate surface area is 263 Å². The molecule has 236 valence electrons. The van der Waals surface area contributed by atoms with Crippen LogP contribution in [0.5, 0.6) is 0 Å². The molecular formula is C39H51FN2O2. The second kappa shape index (κ2) is 10.2. The van der Waals surface area contributed by atoms with Gasteiger partial charge in [-0.3, -0.25) is 0 Å². The number of carbonyl (C=O) groups is 1. The van der Waals surface area contributed by atoms with E-state index in [1.54, 1.807) is 24.4 Å². The first kappa shape index (κ1) is 30.1. The van der Waals surface area contributed by atoms with E-state index >= 15 is 0 Å². The molecular weight excluding hydrogens is 547 g/mol. The number of halogens is 1. The summed E-state index contributed by atoms with van der Waals surface area (Å²) in [5.74, 6) is 1.47. The summed E-state index contributed by atoms with van der Waals surface area (Å²) in [7, 11) is 0. The SMILES string of the molecule is CC1(C)C(c2ccc(C(=O)O)cc2)=CC[C@@]2(C)C1CC[C@]1(C)C2CC[C@@H]2C3CCC[C@]3(NCc3ccnc(F)c3)CC[C@]21C. The molecule has 0 saturated heterocycles. The van der Waals surface area contributed by atoms with Gasteiger partial charge in [0.05, 0.1) is 5.56 Å². The number of pyridine rings is 1. The third kappa shape index (κ3) is 4.23. The van der Waals surface area contributed by atoms with E-state index in [2.05, 4.69) is 51.0 Å². The van der Waals surface area contributed by atoms with Gasteiger partial charge in [0.15, 0.2) is 0 Å². The summed E-state index contributed by atoms with van der Waals surface area (Å²) in [4.78, 5) is 15.2. The number of aromatic carboxylic acids is 1. The summed E-state index contributed by atoms with van der Waals surface area (Å²) in [6.07, 6.45) is 16.8. The van der Waals surface area contributed by atoms with Gasteiger partial charge in [0.2, 0.25) is 5.95 Å². The summed E-state index contributed by atoms with van der Waals surface area (Å²) < 4.78 is 13.9. The van der Waals surface area contributed by atoms with E-state index in [1.165, 1.54) is 68.9 Å². The number of carboxylic acids is 1. The zero-order valence-corrected chi connectivity index (χ0v) is 27.4. The molecule has 5 aliphatic carbocycles. The number of allylic oxidation sites excluding steroid dienone is 2. The number of aromatic nitrogens is 1. The Hall–Kier alpha value is -2.53. The van der Waals surface area contributed by atoms with Crippen LogP contribution in [0.15, 0.2) is 48.7 Å². The zero-order valence-electron chi connectivity index (χ0n) is 27.4. The standard InChI is InChI=1S/C39H51FN2O2/c1-35(2)28(26-8-10-27(11-9-26)34(43)44)14-18-36(3)31(35)15-19-38(5)32(36)13-12-29-30-7-6-17-39(30,21-20-37(29,38)4)42-24-25-16-22-41-33(40)23-25/h8-11,14,16,22-23,29-32,42H,6-7,12-13,15,17-21,24H2,1-5H3,(H,43,44)/t29-,30?,31?,32?,36+,37-,38-,39+/m1/s1. The van der Waals surface area contributed by atoms with Gasteiger partial charge < -0.3 is 10.4 Å². The average Bonchev–Trinajstić information content (AvgIpc) is 3.41. The summed E-state index contributed by atoms with van der Waals surface area (Å²) >= 11 is 0. The number of fused-ring (bicyclic) bond motifs is 7. The monoisotopic (exact) mass is 598 g/mol. The lowest BCUT2D eigenvalue weighted by Crippen LogP contribution is -2.67. The van der Waals surface area contributed by atoms with E-state index in [4.69, 9.17) is 0 Å². The topological polar surface area (TPSA) is 62.2 Å². The number of hydrogen-bond acceptors (Lipinski definition) is 3. The van der Waals surface area contributed by atoms with E-state index in [-0.39, 0.29) is 22.3 Å². The molecule has 0 aliphatic heterocycles. The molecule has 4 fully saturated rings. The molecule has 4 saturated carbocycles. The molecule has 4 nitrogen and oxygen atoms in total. The maximum Gasteiger partial charge on any atom is 0.335 e. The number of carboxylic acid groups (broad SMARTS) is 1. The second-order valence-electron chi connectivity index (χ2n) is 16.6. The molecule has 1 aromatic carbocycles. The molecule has 3 unspecified atom stereocenters. The molecule has 0 radical (unpaired) electrons. The third-order valence-electron chi connectivity index (χ3n) is 14.8. The number of hydrogen-bond donors (Lipinski definition) is 2. The molecule has 2 aromatic rings. The Kier molecular flexibility index (Phi) is 7.01. The maximum atomic E-state index is 13.9. The van der Waals surface area contributed by atoms with Crippen molar-refractivity contribution in [3.63, 3.8) is 0 Å². The van der Waals surface area contributed by atoms with Crippen LogP contribution in [0.1, 0.15) is 120 Å². The van der Waals surface area contributed by atoms with Gasteiger partial charge in [-0.25, -0.2) is 9.78 Å². The van der Waals surface area contributed by atoms with Crippen LogP contribution in [0.2, 0.25) is 0 Å². The fourth-order valence-corrected chi connectivity index (χ4v) is 12.6. The van der Waals surface area contributed by atoms with E-state index in [1.807, 2.05) is 18.2 Å². The van der Waals surface area contributed by atoms with Crippen molar-refractivity contribution in [2.45, 2.75) is 111 Å². The van der Waals surface area contributed by atoms with Gasteiger partial charge in [-0.15, -0.1) is 0 Å². The van der Waals surface area contributed by atoms with E-state index in [0.29, 0.717) is 34.1 Å². The van der Waals surface area contributed by atoms with Crippen LogP contribution in [-0.4, -0.2) is 21.6 Å². The zero-order chi connectivity index (χ0) is 31.1. The number of benzene rings is 1. The minimum absolute atomic E-state index is 0.0281. The molecule has 1 aromatic heterocycles. The van der Waals surface area contributed by atoms with Gasteiger partial charge in [-0.05, 0) is 144 Å². The predicted molar refractivity (Wildman–Crippen MR) is 173 cm³/mol. The fraction of sp³-hybridized carbons (Fsp3) is 0.641. The van der Waals surface area contributed by atoms with E-state index in [0.717, 1.165) is 24.4 Å². The van der Waals surface area contributed by atoms with Crippen molar-refractivity contribution in [2.75, 3.05) is 0 Å². The minimum atomic E-state index is -0.867. The van der Waals surface area contributed by atoms with Crippen molar-refractivity contribution in [2.24, 2.45) is 45.3 Å². The molecule has 0 amide bonds. The fourth-order valence-electron chi connectivity index (χ4n) is 12.6. The van der Waals surface area contributed by atoms with Gasteiger partial charge in [-0.1, -0.05) is 59.2 Å². The quantitative estimate of drug-likeness (QED) is 0.337.